The van der Waals surface area contributed by atoms with Crippen LogP contribution in [-0.2, 0) is 0 Å². The number of benzene rings is 1. The summed E-state index contributed by atoms with van der Waals surface area (Å²) in [5.41, 5.74) is 8.65. The number of hydrogen-bond donors (Lipinski definition) is 2. The minimum Gasteiger partial charge on any atom is -0.496 e. The molecular formula is C14H12Cl3N4O2+. The molecule has 1 aromatic carbocycles. The van der Waals surface area contributed by atoms with E-state index in [9.17, 15) is 4.79 Å². The number of nitrogen functional groups attached to an aromatic ring is 1. The Labute approximate surface area is 147 Å². The normalized spacial score (nSPS) is 10.8. The van der Waals surface area contributed by atoms with E-state index < -0.39 is 5.91 Å². The highest BCUT2D eigenvalue weighted by atomic mass is 35.5. The van der Waals surface area contributed by atoms with Crippen LogP contribution in [0.5, 0.6) is 5.75 Å². The molecular weight excluding hydrogens is 363 g/mol. The van der Waals surface area contributed by atoms with Crippen LogP contribution in [0.25, 0.3) is 0 Å². The zero-order valence-corrected chi connectivity index (χ0v) is 14.1. The highest BCUT2D eigenvalue weighted by Crippen LogP contribution is 2.31. The van der Waals surface area contributed by atoms with Crippen molar-refractivity contribution in [3.8, 4) is 5.75 Å². The third kappa shape index (κ3) is 3.85. The lowest BCUT2D eigenvalue weighted by atomic mass is 10.2. The molecule has 0 saturated heterocycles. The van der Waals surface area contributed by atoms with Crippen LogP contribution in [0.1, 0.15) is 16.1 Å². The maximum absolute atomic E-state index is 12.1. The minimum atomic E-state index is -0.619. The first-order valence-electron chi connectivity index (χ1n) is 6.27. The number of rotatable bonds is 4. The van der Waals surface area contributed by atoms with Gasteiger partial charge in [0.2, 0.25) is 0 Å². The van der Waals surface area contributed by atoms with Gasteiger partial charge in [-0.25, -0.2) is 5.43 Å². The zero-order chi connectivity index (χ0) is 17.0. The number of anilines is 1. The van der Waals surface area contributed by atoms with Gasteiger partial charge in [-0.05, 0) is 23.7 Å². The topological polar surface area (TPSA) is 90.8 Å². The van der Waals surface area contributed by atoms with E-state index >= 15 is 0 Å². The summed E-state index contributed by atoms with van der Waals surface area (Å²) < 4.78 is 5.17. The lowest BCUT2D eigenvalue weighted by Gasteiger charge is -2.04. The smallest absolute Gasteiger partial charge is 0.337 e. The molecule has 0 atom stereocenters. The predicted octanol–water partition coefficient (Wildman–Crippen LogP) is 2.82. The van der Waals surface area contributed by atoms with Gasteiger partial charge in [-0.15, -0.1) is 0 Å². The van der Waals surface area contributed by atoms with Crippen LogP contribution in [0.4, 0.5) is 5.69 Å². The number of aromatic amines is 1. The number of ether oxygens (including phenoxy) is 1. The summed E-state index contributed by atoms with van der Waals surface area (Å²) in [5, 5.41) is 3.87. The van der Waals surface area contributed by atoms with E-state index in [0.717, 1.165) is 0 Å². The molecule has 0 aliphatic heterocycles. The second kappa shape index (κ2) is 7.50. The van der Waals surface area contributed by atoms with E-state index in [1.807, 2.05) is 12.1 Å². The molecule has 0 aliphatic rings. The number of nitrogens with one attached hydrogen (secondary N) is 2. The standard InChI is InChI=1S/C14H11Cl3N4O2/c1-23-8-5-3-2-4-7(8)6-19-21-14(22)12-9(15)11(18)10(16)13(17)20-12/h2-6H,1H3,(H2,18,20)(H,21,22)/p+1/b19-6+. The van der Waals surface area contributed by atoms with Crippen LogP contribution in [0, 0.1) is 0 Å². The number of H-pyrrole nitrogens is 1. The minimum absolute atomic E-state index is 0.00687. The third-order valence-electron chi connectivity index (χ3n) is 2.86. The van der Waals surface area contributed by atoms with Gasteiger partial charge < -0.3 is 10.5 Å². The first-order valence-corrected chi connectivity index (χ1v) is 7.40. The molecule has 0 unspecified atom stereocenters. The molecule has 4 N–H and O–H groups in total. The molecule has 1 aromatic heterocycles. The molecule has 0 radical (unpaired) electrons. The fraction of sp³-hybridized carbons (Fsp3) is 0.0714. The summed E-state index contributed by atoms with van der Waals surface area (Å²) in [6.07, 6.45) is 1.44. The fourth-order valence-corrected chi connectivity index (χ4v) is 2.33. The summed E-state index contributed by atoms with van der Waals surface area (Å²) in [6, 6.07) is 7.19. The van der Waals surface area contributed by atoms with Crippen molar-refractivity contribution in [1.82, 2.24) is 5.43 Å². The molecule has 6 nitrogen and oxygen atoms in total. The van der Waals surface area contributed by atoms with E-state index in [2.05, 4.69) is 15.5 Å². The van der Waals surface area contributed by atoms with E-state index in [4.69, 9.17) is 45.3 Å². The van der Waals surface area contributed by atoms with Gasteiger partial charge in [-0.2, -0.15) is 10.1 Å². The number of nitrogens with zero attached hydrogens (tertiary/aromatic N) is 1. The molecule has 0 fully saturated rings. The summed E-state index contributed by atoms with van der Waals surface area (Å²) in [4.78, 5) is 14.7. The highest BCUT2D eigenvalue weighted by Gasteiger charge is 2.25. The molecule has 120 valence electrons. The van der Waals surface area contributed by atoms with Crippen LogP contribution < -0.4 is 20.9 Å². The Balaban J connectivity index is 2.19. The molecule has 0 saturated carbocycles. The SMILES string of the molecule is COc1ccccc1/C=N/NC(=O)c1[nH+]c(Cl)c(Cl)c(N)c1Cl. The predicted molar refractivity (Wildman–Crippen MR) is 90.5 cm³/mol. The number of carbonyl (C=O) groups excluding carboxylic acids is 1. The van der Waals surface area contributed by atoms with Crippen LogP contribution >= 0.6 is 34.8 Å². The number of halogens is 3. The molecule has 0 aliphatic carbocycles. The molecule has 23 heavy (non-hydrogen) atoms. The Morgan fingerprint density at radius 1 is 1.30 bits per heavy atom. The number of methoxy groups -OCH3 is 1. The van der Waals surface area contributed by atoms with E-state index in [-0.39, 0.29) is 26.6 Å². The van der Waals surface area contributed by atoms with Crippen LogP contribution in [0.3, 0.4) is 0 Å². The number of nitrogens with two attached hydrogens (primary N) is 1. The van der Waals surface area contributed by atoms with Crippen molar-refractivity contribution in [2.75, 3.05) is 12.8 Å². The van der Waals surface area contributed by atoms with Crippen LogP contribution in [0.15, 0.2) is 29.4 Å². The van der Waals surface area contributed by atoms with Gasteiger partial charge in [0.05, 0.1) is 19.0 Å². The average Bonchev–Trinajstić information content (AvgIpc) is 2.56. The largest absolute Gasteiger partial charge is 0.496 e. The van der Waals surface area contributed by atoms with Crippen LogP contribution in [0.2, 0.25) is 15.2 Å². The average molecular weight is 375 g/mol. The Bertz CT molecular complexity index is 781. The zero-order valence-electron chi connectivity index (χ0n) is 11.9. The molecule has 2 aromatic rings. The van der Waals surface area contributed by atoms with E-state index in [0.29, 0.717) is 11.3 Å². The van der Waals surface area contributed by atoms with Crippen molar-refractivity contribution in [1.29, 1.82) is 0 Å². The lowest BCUT2D eigenvalue weighted by Crippen LogP contribution is -2.28. The number of hydrazone groups is 1. The van der Waals surface area contributed by atoms with Gasteiger partial charge in [0, 0.05) is 5.56 Å². The highest BCUT2D eigenvalue weighted by molar-refractivity contribution is 6.45. The third-order valence-corrected chi connectivity index (χ3v) is 4.02. The molecule has 2 rings (SSSR count). The Morgan fingerprint density at radius 3 is 2.70 bits per heavy atom. The maximum Gasteiger partial charge on any atom is 0.337 e. The van der Waals surface area contributed by atoms with Crippen molar-refractivity contribution >= 4 is 52.6 Å². The number of aromatic nitrogens is 1. The molecule has 9 heteroatoms. The number of para-hydroxylation sites is 1. The van der Waals surface area contributed by atoms with Gasteiger partial charge in [0.15, 0.2) is 0 Å². The summed E-state index contributed by atoms with van der Waals surface area (Å²) >= 11 is 17.6. The van der Waals surface area contributed by atoms with Gasteiger partial charge >= 0.3 is 5.91 Å². The summed E-state index contributed by atoms with van der Waals surface area (Å²) in [5.74, 6) is 0.000269. The van der Waals surface area contributed by atoms with Gasteiger partial charge in [0.1, 0.15) is 15.8 Å². The Morgan fingerprint density at radius 2 is 2.00 bits per heavy atom. The molecule has 1 heterocycles. The number of hydrogen-bond acceptors (Lipinski definition) is 4. The van der Waals surface area contributed by atoms with Crippen molar-refractivity contribution in [2.24, 2.45) is 5.10 Å². The lowest BCUT2D eigenvalue weighted by molar-refractivity contribution is -0.379. The van der Waals surface area contributed by atoms with Crippen LogP contribution in [-0.4, -0.2) is 19.2 Å². The van der Waals surface area contributed by atoms with Crippen molar-refractivity contribution in [3.05, 3.63) is 50.7 Å². The summed E-state index contributed by atoms with van der Waals surface area (Å²) in [7, 11) is 1.54. The second-order valence-electron chi connectivity index (χ2n) is 4.30. The second-order valence-corrected chi connectivity index (χ2v) is 5.43. The van der Waals surface area contributed by atoms with E-state index in [1.165, 1.54) is 6.21 Å². The summed E-state index contributed by atoms with van der Waals surface area (Å²) in [6.45, 7) is 0. The first kappa shape index (κ1) is 17.3. The number of amides is 1. The molecule has 1 amide bonds. The monoisotopic (exact) mass is 373 g/mol. The number of pyridine rings is 1. The maximum atomic E-state index is 12.1. The van der Waals surface area contributed by atoms with Gasteiger partial charge in [-0.3, -0.25) is 4.79 Å². The van der Waals surface area contributed by atoms with Gasteiger partial charge in [0.25, 0.3) is 10.8 Å². The number of carbonyl (C=O) groups is 1. The Hall–Kier alpha value is -2.02. The van der Waals surface area contributed by atoms with Crippen molar-refractivity contribution < 1.29 is 14.5 Å². The molecule has 0 spiro atoms. The van der Waals surface area contributed by atoms with Crippen molar-refractivity contribution in [3.63, 3.8) is 0 Å². The quantitative estimate of drug-likeness (QED) is 0.490. The van der Waals surface area contributed by atoms with E-state index in [1.54, 1.807) is 19.2 Å². The Kier molecular flexibility index (Phi) is 5.65. The fourth-order valence-electron chi connectivity index (χ4n) is 1.71. The first-order chi connectivity index (χ1) is 11.0. The van der Waals surface area contributed by atoms with Crippen molar-refractivity contribution in [2.45, 2.75) is 0 Å². The van der Waals surface area contributed by atoms with Gasteiger partial charge in [-0.1, -0.05) is 35.3 Å². The molecule has 0 bridgehead atoms.